The number of guanidine groups is 1. The molecule has 4 nitrogen and oxygen atoms in total. The van der Waals surface area contributed by atoms with Crippen molar-refractivity contribution in [3.05, 3.63) is 51.2 Å². The average molecular weight is 516 g/mol. The molecule has 27 heavy (non-hydrogen) atoms. The number of hydrogen-bond acceptors (Lipinski definition) is 3. The predicted molar refractivity (Wildman–Crippen MR) is 110 cm³/mol. The van der Waals surface area contributed by atoms with E-state index in [1.54, 1.807) is 13.1 Å². The maximum atomic E-state index is 13.1. The lowest BCUT2D eigenvalue weighted by Gasteiger charge is -2.12. The molecule has 2 N–H and O–H groups in total. The van der Waals surface area contributed by atoms with Crippen molar-refractivity contribution >= 4 is 41.3 Å². The average Bonchev–Trinajstić information content (AvgIpc) is 3.04. The first-order chi connectivity index (χ1) is 12.3. The Bertz CT molecular complexity index is 762. The quantitative estimate of drug-likeness (QED) is 0.262. The monoisotopic (exact) mass is 516 g/mol. The van der Waals surface area contributed by atoms with E-state index in [0.717, 1.165) is 27.8 Å². The lowest BCUT2D eigenvalue weighted by atomic mass is 10.1. The summed E-state index contributed by atoms with van der Waals surface area (Å²) in [7, 11) is 1.61. The van der Waals surface area contributed by atoms with E-state index >= 15 is 0 Å². The van der Waals surface area contributed by atoms with Gasteiger partial charge in [-0.1, -0.05) is 6.07 Å². The van der Waals surface area contributed by atoms with Crippen LogP contribution in [0.15, 0.2) is 28.6 Å². The van der Waals surface area contributed by atoms with Crippen LogP contribution in [0.25, 0.3) is 0 Å². The van der Waals surface area contributed by atoms with E-state index in [0.29, 0.717) is 36.9 Å². The molecule has 0 amide bonds. The maximum absolute atomic E-state index is 13.1. The molecule has 2 rings (SSSR count). The summed E-state index contributed by atoms with van der Waals surface area (Å²) in [5.41, 5.74) is 1.07. The Hall–Kier alpha value is -1.43. The number of rotatable bonds is 6. The number of hydrogen-bond donors (Lipinski definition) is 2. The summed E-state index contributed by atoms with van der Waals surface area (Å²) in [6.07, 6.45) is -3.33. The molecule has 1 aromatic heterocycles. The van der Waals surface area contributed by atoms with Crippen molar-refractivity contribution in [3.8, 4) is 0 Å². The standard InChI is InChI=1S/C17H20F4N4S.HI/c1-11-9-13(18)4-3-12(11)5-7-23-16(22-2)24-8-6-15-25-14(10-26-15)17(19,20)21;/h3-4,9-10H,5-8H2,1-2H3,(H2,22,23,24);1H. The van der Waals surface area contributed by atoms with E-state index in [4.69, 9.17) is 0 Å². The van der Waals surface area contributed by atoms with Gasteiger partial charge in [-0.2, -0.15) is 13.2 Å². The molecule has 0 aliphatic rings. The van der Waals surface area contributed by atoms with Crippen LogP contribution in [-0.4, -0.2) is 31.1 Å². The number of benzene rings is 1. The predicted octanol–water partition coefficient (Wildman–Crippen LogP) is 4.18. The number of nitrogens with zero attached hydrogens (tertiary/aromatic N) is 2. The first kappa shape index (κ1) is 23.6. The molecule has 0 saturated heterocycles. The maximum Gasteiger partial charge on any atom is 0.434 e. The molecule has 0 fully saturated rings. The molecule has 0 aliphatic carbocycles. The summed E-state index contributed by atoms with van der Waals surface area (Å²) in [6, 6.07) is 4.67. The minimum Gasteiger partial charge on any atom is -0.356 e. The number of aromatic nitrogens is 1. The Morgan fingerprint density at radius 3 is 2.41 bits per heavy atom. The Kier molecular flexibility index (Phi) is 9.43. The van der Waals surface area contributed by atoms with Gasteiger partial charge >= 0.3 is 6.18 Å². The molecular weight excluding hydrogens is 495 g/mol. The van der Waals surface area contributed by atoms with Gasteiger partial charge in [-0.3, -0.25) is 4.99 Å². The van der Waals surface area contributed by atoms with Crippen LogP contribution in [-0.2, 0) is 19.0 Å². The van der Waals surface area contributed by atoms with Gasteiger partial charge in [-0.15, -0.1) is 35.3 Å². The fourth-order valence-electron chi connectivity index (χ4n) is 2.32. The molecule has 0 spiro atoms. The summed E-state index contributed by atoms with van der Waals surface area (Å²) < 4.78 is 50.6. The Balaban J connectivity index is 0.00000364. The zero-order chi connectivity index (χ0) is 19.2. The van der Waals surface area contributed by atoms with E-state index in [9.17, 15) is 17.6 Å². The van der Waals surface area contributed by atoms with Crippen molar-refractivity contribution in [3.63, 3.8) is 0 Å². The largest absolute Gasteiger partial charge is 0.434 e. The van der Waals surface area contributed by atoms with E-state index < -0.39 is 11.9 Å². The number of aryl methyl sites for hydroxylation is 1. The van der Waals surface area contributed by atoms with Crippen LogP contribution >= 0.6 is 35.3 Å². The second-order valence-electron chi connectivity index (χ2n) is 5.62. The number of thiazole rings is 1. The third kappa shape index (κ3) is 7.60. The lowest BCUT2D eigenvalue weighted by molar-refractivity contribution is -0.140. The van der Waals surface area contributed by atoms with Gasteiger partial charge in [0.1, 0.15) is 5.82 Å². The SMILES string of the molecule is CN=C(NCCc1nc(C(F)(F)F)cs1)NCCc1ccc(F)cc1C.I. The lowest BCUT2D eigenvalue weighted by Crippen LogP contribution is -2.39. The molecule has 2 aromatic rings. The van der Waals surface area contributed by atoms with Crippen molar-refractivity contribution < 1.29 is 17.6 Å². The molecule has 0 saturated carbocycles. The summed E-state index contributed by atoms with van der Waals surface area (Å²) in [5.74, 6) is 0.296. The van der Waals surface area contributed by atoms with E-state index in [-0.39, 0.29) is 29.8 Å². The zero-order valence-corrected chi connectivity index (χ0v) is 18.0. The highest BCUT2D eigenvalue weighted by Gasteiger charge is 2.33. The van der Waals surface area contributed by atoms with Crippen molar-refractivity contribution in [2.24, 2.45) is 4.99 Å². The Morgan fingerprint density at radius 1 is 1.19 bits per heavy atom. The molecule has 1 heterocycles. The summed E-state index contributed by atoms with van der Waals surface area (Å²) in [6.45, 7) is 2.87. The fourth-order valence-corrected chi connectivity index (χ4v) is 3.12. The molecule has 150 valence electrons. The molecule has 0 unspecified atom stereocenters. The third-order valence-corrected chi connectivity index (χ3v) is 4.60. The van der Waals surface area contributed by atoms with Gasteiger partial charge < -0.3 is 10.6 Å². The Morgan fingerprint density at radius 2 is 1.85 bits per heavy atom. The summed E-state index contributed by atoms with van der Waals surface area (Å²) in [5, 5.41) is 7.60. The van der Waals surface area contributed by atoms with Crippen LogP contribution in [0, 0.1) is 12.7 Å². The Labute approximate surface area is 176 Å². The van der Waals surface area contributed by atoms with Crippen LogP contribution in [0.3, 0.4) is 0 Å². The van der Waals surface area contributed by atoms with Gasteiger partial charge in [-0.05, 0) is 36.6 Å². The molecule has 0 aliphatic heterocycles. The minimum absolute atomic E-state index is 0. The van der Waals surface area contributed by atoms with Gasteiger partial charge in [0.2, 0.25) is 0 Å². The van der Waals surface area contributed by atoms with Gasteiger partial charge in [-0.25, -0.2) is 9.37 Å². The van der Waals surface area contributed by atoms with Crippen molar-refractivity contribution in [1.82, 2.24) is 15.6 Å². The molecule has 0 atom stereocenters. The van der Waals surface area contributed by atoms with Crippen LogP contribution in [0.2, 0.25) is 0 Å². The number of alkyl halides is 3. The van der Waals surface area contributed by atoms with Crippen LogP contribution < -0.4 is 10.6 Å². The van der Waals surface area contributed by atoms with E-state index in [1.807, 2.05) is 6.92 Å². The van der Waals surface area contributed by atoms with Gasteiger partial charge in [0.25, 0.3) is 0 Å². The van der Waals surface area contributed by atoms with Gasteiger partial charge in [0.15, 0.2) is 11.7 Å². The number of nitrogens with one attached hydrogen (secondary N) is 2. The number of aliphatic imine (C=N–C) groups is 1. The minimum atomic E-state index is -4.40. The van der Waals surface area contributed by atoms with E-state index in [1.165, 1.54) is 12.1 Å². The molecule has 10 heteroatoms. The second-order valence-corrected chi connectivity index (χ2v) is 6.56. The second kappa shape index (κ2) is 10.8. The highest BCUT2D eigenvalue weighted by Crippen LogP contribution is 2.29. The topological polar surface area (TPSA) is 49.3 Å². The number of halogens is 5. The normalized spacial score (nSPS) is 11.9. The highest BCUT2D eigenvalue weighted by molar-refractivity contribution is 14.0. The van der Waals surface area contributed by atoms with Crippen molar-refractivity contribution in [1.29, 1.82) is 0 Å². The summed E-state index contributed by atoms with van der Waals surface area (Å²) in [4.78, 5) is 7.65. The molecular formula is C17H21F4IN4S. The first-order valence-electron chi connectivity index (χ1n) is 8.00. The summed E-state index contributed by atoms with van der Waals surface area (Å²) >= 11 is 0.992. The zero-order valence-electron chi connectivity index (χ0n) is 14.9. The molecule has 1 aromatic carbocycles. The van der Waals surface area contributed by atoms with Crippen molar-refractivity contribution in [2.75, 3.05) is 20.1 Å². The smallest absolute Gasteiger partial charge is 0.356 e. The van der Waals surface area contributed by atoms with Gasteiger partial charge in [0, 0.05) is 31.9 Å². The van der Waals surface area contributed by atoms with Crippen LogP contribution in [0.5, 0.6) is 0 Å². The van der Waals surface area contributed by atoms with Crippen LogP contribution in [0.1, 0.15) is 21.8 Å². The fraction of sp³-hybridized carbons (Fsp3) is 0.412. The highest BCUT2D eigenvalue weighted by atomic mass is 127. The first-order valence-corrected chi connectivity index (χ1v) is 8.88. The third-order valence-electron chi connectivity index (χ3n) is 3.69. The van der Waals surface area contributed by atoms with Crippen molar-refractivity contribution in [2.45, 2.75) is 25.9 Å². The molecule has 0 bridgehead atoms. The van der Waals surface area contributed by atoms with E-state index in [2.05, 4.69) is 20.6 Å². The van der Waals surface area contributed by atoms with Gasteiger partial charge in [0.05, 0.1) is 5.01 Å². The van der Waals surface area contributed by atoms with Crippen LogP contribution in [0.4, 0.5) is 17.6 Å². The molecule has 0 radical (unpaired) electrons.